The molecule has 2 aromatic rings. The van der Waals surface area contributed by atoms with Crippen LogP contribution in [-0.4, -0.2) is 11.2 Å². The number of rotatable bonds is 3. The van der Waals surface area contributed by atoms with Gasteiger partial charge in [0.15, 0.2) is 0 Å². The Balaban J connectivity index is 2.54. The second kappa shape index (κ2) is 4.07. The first kappa shape index (κ1) is 10.2. The fourth-order valence-electron chi connectivity index (χ4n) is 2.05. The number of benzene rings is 1. The molecule has 2 heteroatoms. The summed E-state index contributed by atoms with van der Waals surface area (Å²) in [6.45, 7) is 5.65. The lowest BCUT2D eigenvalue weighted by molar-refractivity contribution is 0.135. The molecule has 0 saturated heterocycles. The van der Waals surface area contributed by atoms with Gasteiger partial charge in [-0.3, -0.25) is 0 Å². The van der Waals surface area contributed by atoms with Gasteiger partial charge in [-0.15, -0.1) is 0 Å². The highest BCUT2D eigenvalue weighted by Gasteiger charge is 2.07. The topological polar surface area (TPSA) is 14.2 Å². The van der Waals surface area contributed by atoms with Gasteiger partial charge in [0, 0.05) is 36.3 Å². The Morgan fingerprint density at radius 2 is 2.13 bits per heavy atom. The lowest BCUT2D eigenvalue weighted by atomic mass is 10.1. The summed E-state index contributed by atoms with van der Waals surface area (Å²) in [6.07, 6.45) is 2.16. The average Bonchev–Trinajstić information content (AvgIpc) is 2.55. The van der Waals surface area contributed by atoms with Gasteiger partial charge >= 0.3 is 0 Å². The number of aromatic nitrogens is 1. The predicted molar refractivity (Wildman–Crippen MR) is 63.0 cm³/mol. The highest BCUT2D eigenvalue weighted by molar-refractivity contribution is 5.87. The summed E-state index contributed by atoms with van der Waals surface area (Å²) >= 11 is 0. The Bertz CT molecular complexity index is 471. The van der Waals surface area contributed by atoms with E-state index in [-0.39, 0.29) is 0 Å². The maximum atomic E-state index is 5.48. The van der Waals surface area contributed by atoms with Crippen molar-refractivity contribution in [1.82, 2.24) is 4.57 Å². The van der Waals surface area contributed by atoms with Crippen molar-refractivity contribution in [2.45, 2.75) is 20.5 Å². The van der Waals surface area contributed by atoms with E-state index < -0.39 is 0 Å². The zero-order chi connectivity index (χ0) is 10.8. The van der Waals surface area contributed by atoms with Crippen LogP contribution in [0.1, 0.15) is 18.1 Å². The number of nitrogens with zero attached hydrogens (tertiary/aromatic N) is 1. The molecular formula is C13H17NO. The van der Waals surface area contributed by atoms with Gasteiger partial charge < -0.3 is 9.30 Å². The van der Waals surface area contributed by atoms with Crippen LogP contribution in [0.2, 0.25) is 0 Å². The van der Waals surface area contributed by atoms with Crippen molar-refractivity contribution >= 4 is 10.9 Å². The highest BCUT2D eigenvalue weighted by atomic mass is 16.5. The van der Waals surface area contributed by atoms with E-state index in [1.165, 1.54) is 22.0 Å². The van der Waals surface area contributed by atoms with Crippen LogP contribution in [0.25, 0.3) is 10.9 Å². The third-order valence-corrected chi connectivity index (χ3v) is 2.76. The summed E-state index contributed by atoms with van der Waals surface area (Å²) in [6, 6.07) is 6.40. The molecule has 0 fully saturated rings. The zero-order valence-corrected chi connectivity index (χ0v) is 9.58. The second-order valence-electron chi connectivity index (χ2n) is 3.87. The zero-order valence-electron chi connectivity index (χ0n) is 9.58. The van der Waals surface area contributed by atoms with Gasteiger partial charge in [-0.05, 0) is 25.5 Å². The van der Waals surface area contributed by atoms with Gasteiger partial charge in [0.1, 0.15) is 0 Å². The van der Waals surface area contributed by atoms with Crippen LogP contribution in [-0.2, 0) is 18.4 Å². The van der Waals surface area contributed by atoms with Crippen LogP contribution in [0, 0.1) is 6.92 Å². The van der Waals surface area contributed by atoms with Gasteiger partial charge in [-0.1, -0.05) is 12.1 Å². The van der Waals surface area contributed by atoms with Crippen molar-refractivity contribution in [2.75, 3.05) is 6.61 Å². The van der Waals surface area contributed by atoms with E-state index in [1.807, 2.05) is 6.92 Å². The molecule has 15 heavy (non-hydrogen) atoms. The molecule has 0 bridgehead atoms. The summed E-state index contributed by atoms with van der Waals surface area (Å²) in [4.78, 5) is 0. The Hall–Kier alpha value is -1.28. The van der Waals surface area contributed by atoms with Gasteiger partial charge in [0.05, 0.1) is 6.61 Å². The van der Waals surface area contributed by atoms with Gasteiger partial charge in [0.25, 0.3) is 0 Å². The van der Waals surface area contributed by atoms with E-state index in [2.05, 4.69) is 42.9 Å². The van der Waals surface area contributed by atoms with Crippen LogP contribution in [0.3, 0.4) is 0 Å². The molecule has 2 rings (SSSR count). The summed E-state index contributed by atoms with van der Waals surface area (Å²) < 4.78 is 7.65. The van der Waals surface area contributed by atoms with E-state index in [9.17, 15) is 0 Å². The molecular weight excluding hydrogens is 186 g/mol. The van der Waals surface area contributed by atoms with Gasteiger partial charge in [-0.25, -0.2) is 0 Å². The van der Waals surface area contributed by atoms with Crippen molar-refractivity contribution in [2.24, 2.45) is 7.05 Å². The largest absolute Gasteiger partial charge is 0.377 e. The van der Waals surface area contributed by atoms with Gasteiger partial charge in [-0.2, -0.15) is 0 Å². The molecule has 0 saturated carbocycles. The first-order valence-electron chi connectivity index (χ1n) is 5.35. The van der Waals surface area contributed by atoms with E-state index >= 15 is 0 Å². The molecule has 0 aliphatic carbocycles. The van der Waals surface area contributed by atoms with Crippen molar-refractivity contribution in [3.8, 4) is 0 Å². The average molecular weight is 203 g/mol. The second-order valence-corrected chi connectivity index (χ2v) is 3.87. The molecule has 80 valence electrons. The molecule has 1 aromatic heterocycles. The normalized spacial score (nSPS) is 11.1. The van der Waals surface area contributed by atoms with Crippen LogP contribution in [0.5, 0.6) is 0 Å². The van der Waals surface area contributed by atoms with E-state index in [0.29, 0.717) is 6.61 Å². The van der Waals surface area contributed by atoms with Gasteiger partial charge in [0.2, 0.25) is 0 Å². The van der Waals surface area contributed by atoms with Crippen LogP contribution >= 0.6 is 0 Å². The maximum Gasteiger partial charge on any atom is 0.0737 e. The minimum atomic E-state index is 0.707. The van der Waals surface area contributed by atoms with E-state index in [1.54, 1.807) is 0 Å². The molecule has 0 aliphatic heterocycles. The summed E-state index contributed by atoms with van der Waals surface area (Å²) in [5.41, 5.74) is 3.89. The molecule has 0 unspecified atom stereocenters. The Kier molecular flexibility index (Phi) is 2.78. The highest BCUT2D eigenvalue weighted by Crippen LogP contribution is 2.24. The lowest BCUT2D eigenvalue weighted by Gasteiger charge is -2.01. The smallest absolute Gasteiger partial charge is 0.0737 e. The number of ether oxygens (including phenoxy) is 1. The third-order valence-electron chi connectivity index (χ3n) is 2.76. The maximum absolute atomic E-state index is 5.48. The summed E-state index contributed by atoms with van der Waals surface area (Å²) in [5, 5.41) is 1.34. The van der Waals surface area contributed by atoms with Crippen LogP contribution < -0.4 is 0 Å². The first-order chi connectivity index (χ1) is 7.24. The van der Waals surface area contributed by atoms with Crippen molar-refractivity contribution in [1.29, 1.82) is 0 Å². The monoisotopic (exact) mass is 203 g/mol. The minimum absolute atomic E-state index is 0.707. The minimum Gasteiger partial charge on any atom is -0.377 e. The molecule has 2 nitrogen and oxygen atoms in total. The first-order valence-corrected chi connectivity index (χ1v) is 5.35. The van der Waals surface area contributed by atoms with Crippen LogP contribution in [0.4, 0.5) is 0 Å². The van der Waals surface area contributed by atoms with Crippen LogP contribution in [0.15, 0.2) is 24.4 Å². The number of aryl methyl sites for hydroxylation is 2. The van der Waals surface area contributed by atoms with Crippen molar-refractivity contribution < 1.29 is 4.74 Å². The molecule has 1 heterocycles. The SMILES string of the molecule is CCOCc1cn(C)c2cccc(C)c12. The molecule has 0 N–H and O–H groups in total. The fourth-order valence-corrected chi connectivity index (χ4v) is 2.05. The van der Waals surface area contributed by atoms with Crippen molar-refractivity contribution in [3.05, 3.63) is 35.5 Å². The summed E-state index contributed by atoms with van der Waals surface area (Å²) in [7, 11) is 2.08. The molecule has 0 atom stereocenters. The molecule has 0 radical (unpaired) electrons. The molecule has 0 amide bonds. The molecule has 0 aliphatic rings. The molecule has 0 spiro atoms. The number of hydrogen-bond acceptors (Lipinski definition) is 1. The Morgan fingerprint density at radius 1 is 1.33 bits per heavy atom. The Morgan fingerprint density at radius 3 is 2.87 bits per heavy atom. The molecule has 1 aromatic carbocycles. The quantitative estimate of drug-likeness (QED) is 0.748. The third kappa shape index (κ3) is 1.77. The lowest BCUT2D eigenvalue weighted by Crippen LogP contribution is -1.91. The standard InChI is InChI=1S/C13H17NO/c1-4-15-9-11-8-14(3)12-7-5-6-10(2)13(11)12/h5-8H,4,9H2,1-3H3. The van der Waals surface area contributed by atoms with E-state index in [4.69, 9.17) is 4.74 Å². The summed E-state index contributed by atoms with van der Waals surface area (Å²) in [5.74, 6) is 0. The fraction of sp³-hybridized carbons (Fsp3) is 0.385. The Labute approximate surface area is 90.5 Å². The van der Waals surface area contributed by atoms with E-state index in [0.717, 1.165) is 6.61 Å². The predicted octanol–water partition coefficient (Wildman–Crippen LogP) is 3.02. The number of fused-ring (bicyclic) bond motifs is 1. The number of hydrogen-bond donors (Lipinski definition) is 0. The van der Waals surface area contributed by atoms with Crippen molar-refractivity contribution in [3.63, 3.8) is 0 Å².